The summed E-state index contributed by atoms with van der Waals surface area (Å²) in [4.78, 5) is 34.6. The van der Waals surface area contributed by atoms with Crippen molar-refractivity contribution in [3.05, 3.63) is 0 Å². The smallest absolute Gasteiger partial charge is 0.303 e. The number of carbonyl (C=O) groups excluding carboxylic acids is 3. The molecule has 0 spiro atoms. The summed E-state index contributed by atoms with van der Waals surface area (Å²) < 4.78 is 21.9. The van der Waals surface area contributed by atoms with Crippen LogP contribution in [-0.4, -0.2) is 64.5 Å². The maximum atomic E-state index is 11.7. The minimum absolute atomic E-state index is 0.0731. The van der Waals surface area contributed by atoms with E-state index in [1.807, 2.05) is 23.5 Å². The van der Waals surface area contributed by atoms with Crippen molar-refractivity contribution < 1.29 is 33.3 Å². The van der Waals surface area contributed by atoms with Gasteiger partial charge in [0.25, 0.3) is 0 Å². The molecule has 0 amide bonds. The average Bonchev–Trinajstić information content (AvgIpc) is 2.52. The second-order valence-corrected chi connectivity index (χ2v) is 10.0. The summed E-state index contributed by atoms with van der Waals surface area (Å²) in [6, 6.07) is 0. The van der Waals surface area contributed by atoms with Crippen LogP contribution in [0.4, 0.5) is 0 Å². The van der Waals surface area contributed by atoms with Crippen LogP contribution in [0.2, 0.25) is 0 Å². The van der Waals surface area contributed by atoms with Crippen molar-refractivity contribution in [1.82, 2.24) is 0 Å². The Labute approximate surface area is 162 Å². The molecule has 0 aromatic carbocycles. The van der Waals surface area contributed by atoms with Gasteiger partial charge in [0.2, 0.25) is 0 Å². The van der Waals surface area contributed by atoms with E-state index in [1.54, 1.807) is 0 Å². The lowest BCUT2D eigenvalue weighted by Crippen LogP contribution is -2.58. The molecule has 2 aliphatic rings. The van der Waals surface area contributed by atoms with Crippen LogP contribution < -0.4 is 0 Å². The first-order chi connectivity index (χ1) is 12.2. The Morgan fingerprint density at radius 1 is 0.962 bits per heavy atom. The van der Waals surface area contributed by atoms with Crippen LogP contribution in [-0.2, 0) is 33.3 Å². The summed E-state index contributed by atoms with van der Waals surface area (Å²) in [6.45, 7) is 6.07. The largest absolute Gasteiger partial charge is 0.456 e. The molecule has 0 aromatic heterocycles. The van der Waals surface area contributed by atoms with E-state index >= 15 is 0 Å². The molecule has 26 heavy (non-hydrogen) atoms. The van der Waals surface area contributed by atoms with Crippen molar-refractivity contribution in [3.63, 3.8) is 0 Å². The zero-order valence-electron chi connectivity index (χ0n) is 15.5. The third kappa shape index (κ3) is 6.06. The Hall–Kier alpha value is -0.930. The van der Waals surface area contributed by atoms with Gasteiger partial charge in [0.15, 0.2) is 18.3 Å². The van der Waals surface area contributed by atoms with E-state index < -0.39 is 42.3 Å². The molecule has 0 N–H and O–H groups in total. The highest BCUT2D eigenvalue weighted by Gasteiger charge is 2.49. The van der Waals surface area contributed by atoms with E-state index in [2.05, 4.69) is 6.92 Å². The van der Waals surface area contributed by atoms with E-state index in [0.29, 0.717) is 6.42 Å². The molecule has 0 saturated carbocycles. The normalized spacial score (nSPS) is 30.9. The maximum Gasteiger partial charge on any atom is 0.303 e. The molecule has 4 unspecified atom stereocenters. The molecule has 2 heterocycles. The number of hydrogen-bond acceptors (Lipinski definition) is 9. The molecule has 2 aliphatic heterocycles. The van der Waals surface area contributed by atoms with Crippen LogP contribution in [0, 0.1) is 0 Å². The number of ether oxygens (including phenoxy) is 4. The second-order valence-electron chi connectivity index (χ2n) is 6.56. The number of esters is 3. The molecule has 2 rings (SSSR count). The van der Waals surface area contributed by atoms with Crippen molar-refractivity contribution in [3.8, 4) is 0 Å². The van der Waals surface area contributed by atoms with Crippen molar-refractivity contribution in [2.24, 2.45) is 0 Å². The molecule has 2 saturated heterocycles. The topological polar surface area (TPSA) is 88.1 Å². The van der Waals surface area contributed by atoms with Gasteiger partial charge >= 0.3 is 17.9 Å². The lowest BCUT2D eigenvalue weighted by molar-refractivity contribution is -0.226. The maximum absolute atomic E-state index is 11.7. The predicted molar refractivity (Wildman–Crippen MR) is 99.0 cm³/mol. The first kappa shape index (κ1) is 21.4. The first-order valence-electron chi connectivity index (χ1n) is 8.61. The van der Waals surface area contributed by atoms with Crippen LogP contribution in [0.25, 0.3) is 0 Å². The van der Waals surface area contributed by atoms with E-state index in [1.165, 1.54) is 20.8 Å². The summed E-state index contributed by atoms with van der Waals surface area (Å²) in [7, 11) is 0. The van der Waals surface area contributed by atoms with Crippen molar-refractivity contribution >= 4 is 41.4 Å². The van der Waals surface area contributed by atoms with Gasteiger partial charge in [-0.25, -0.2) is 0 Å². The molecular formula is C17H26O7S2. The van der Waals surface area contributed by atoms with Gasteiger partial charge in [0.1, 0.15) is 6.10 Å². The summed E-state index contributed by atoms with van der Waals surface area (Å²) in [5.41, 5.74) is 0. The SMILES string of the molecule is CC(=O)OC1COC(CC2(C)SCCCS2)C(OC(C)=O)C1OC(C)=O. The molecule has 7 nitrogen and oxygen atoms in total. The van der Waals surface area contributed by atoms with Crippen LogP contribution in [0.3, 0.4) is 0 Å². The van der Waals surface area contributed by atoms with Crippen LogP contribution in [0.1, 0.15) is 40.5 Å². The van der Waals surface area contributed by atoms with Gasteiger partial charge in [-0.3, -0.25) is 14.4 Å². The number of thioether (sulfide) groups is 2. The molecular weight excluding hydrogens is 380 g/mol. The number of rotatable bonds is 5. The summed E-state index contributed by atoms with van der Waals surface area (Å²) in [5, 5.41) is 0. The fraction of sp³-hybridized carbons (Fsp3) is 0.824. The average molecular weight is 407 g/mol. The lowest BCUT2D eigenvalue weighted by atomic mass is 9.96. The fourth-order valence-electron chi connectivity index (χ4n) is 3.15. The van der Waals surface area contributed by atoms with Gasteiger partial charge in [-0.15, -0.1) is 23.5 Å². The highest BCUT2D eigenvalue weighted by atomic mass is 32.2. The summed E-state index contributed by atoms with van der Waals surface area (Å²) >= 11 is 3.71. The minimum Gasteiger partial charge on any atom is -0.456 e. The van der Waals surface area contributed by atoms with Crippen LogP contribution >= 0.6 is 23.5 Å². The predicted octanol–water partition coefficient (Wildman–Crippen LogP) is 2.16. The standard InChI is InChI=1S/C17H26O7S2/c1-10(18)22-14-9-21-13(8-17(4)25-6-5-7-26-17)15(23-11(2)19)16(14)24-12(3)20/h13-16H,5-9H2,1-4H3. The summed E-state index contributed by atoms with van der Waals surface area (Å²) in [6.07, 6.45) is -1.18. The van der Waals surface area contributed by atoms with Crippen molar-refractivity contribution in [1.29, 1.82) is 0 Å². The number of hydrogen-bond donors (Lipinski definition) is 0. The Balaban J connectivity index is 2.21. The van der Waals surface area contributed by atoms with Gasteiger partial charge in [0.05, 0.1) is 10.7 Å². The number of carbonyl (C=O) groups is 3. The van der Waals surface area contributed by atoms with E-state index in [9.17, 15) is 14.4 Å². The van der Waals surface area contributed by atoms with Crippen molar-refractivity contribution in [2.75, 3.05) is 18.1 Å². The molecule has 0 aromatic rings. The van der Waals surface area contributed by atoms with Gasteiger partial charge < -0.3 is 18.9 Å². The molecule has 148 valence electrons. The van der Waals surface area contributed by atoms with Gasteiger partial charge in [-0.05, 0) is 24.9 Å². The van der Waals surface area contributed by atoms with E-state index in [0.717, 1.165) is 17.9 Å². The third-order valence-electron chi connectivity index (χ3n) is 4.13. The summed E-state index contributed by atoms with van der Waals surface area (Å²) in [5.74, 6) is 0.590. The monoisotopic (exact) mass is 406 g/mol. The van der Waals surface area contributed by atoms with Gasteiger partial charge in [-0.2, -0.15) is 0 Å². The van der Waals surface area contributed by atoms with E-state index in [4.69, 9.17) is 18.9 Å². The van der Waals surface area contributed by atoms with Crippen LogP contribution in [0.5, 0.6) is 0 Å². The third-order valence-corrected chi connectivity index (χ3v) is 7.38. The molecule has 0 radical (unpaired) electrons. The second kappa shape index (κ2) is 9.32. The first-order valence-corrected chi connectivity index (χ1v) is 10.6. The highest BCUT2D eigenvalue weighted by molar-refractivity contribution is 8.18. The van der Waals surface area contributed by atoms with Crippen molar-refractivity contribution in [2.45, 2.75) is 69.0 Å². The molecule has 9 heteroatoms. The Kier molecular flexibility index (Phi) is 7.66. The molecule has 0 aliphatic carbocycles. The minimum atomic E-state index is -0.888. The zero-order valence-corrected chi connectivity index (χ0v) is 17.2. The zero-order chi connectivity index (χ0) is 19.3. The Morgan fingerprint density at radius 3 is 2.04 bits per heavy atom. The van der Waals surface area contributed by atoms with E-state index in [-0.39, 0.29) is 10.7 Å². The Morgan fingerprint density at radius 2 is 1.50 bits per heavy atom. The highest BCUT2D eigenvalue weighted by Crippen LogP contribution is 2.46. The fourth-order valence-corrected chi connectivity index (χ4v) is 6.17. The molecule has 4 atom stereocenters. The molecule has 2 fully saturated rings. The quantitative estimate of drug-likeness (QED) is 0.503. The molecule has 0 bridgehead atoms. The van der Waals surface area contributed by atoms with Gasteiger partial charge in [0, 0.05) is 27.2 Å². The lowest BCUT2D eigenvalue weighted by Gasteiger charge is -2.44. The van der Waals surface area contributed by atoms with Crippen LogP contribution in [0.15, 0.2) is 0 Å². The van der Waals surface area contributed by atoms with Gasteiger partial charge in [-0.1, -0.05) is 0 Å². The Bertz CT molecular complexity index is 533.